The zero-order valence-electron chi connectivity index (χ0n) is 13.9. The highest BCUT2D eigenvalue weighted by Gasteiger charge is 2.52. The van der Waals surface area contributed by atoms with Crippen molar-refractivity contribution < 1.29 is 19.4 Å². The quantitative estimate of drug-likeness (QED) is 0.925. The van der Waals surface area contributed by atoms with Crippen LogP contribution < -0.4 is 0 Å². The van der Waals surface area contributed by atoms with Crippen LogP contribution in [0, 0.1) is 5.92 Å². The summed E-state index contributed by atoms with van der Waals surface area (Å²) < 4.78 is 10.8. The molecule has 0 aliphatic carbocycles. The number of carbonyl (C=O) groups excluding carboxylic acids is 1. The molecule has 2 atom stereocenters. The number of carbonyl (C=O) groups is 1. The second-order valence-electron chi connectivity index (χ2n) is 7.43. The van der Waals surface area contributed by atoms with Gasteiger partial charge in [0.05, 0.1) is 18.8 Å². The Morgan fingerprint density at radius 2 is 1.88 bits per heavy atom. The minimum atomic E-state index is -0.676. The Bertz CT molecular complexity index is 572. The zero-order valence-corrected chi connectivity index (χ0v) is 13.9. The number of piperidine rings is 2. The molecule has 1 aromatic rings. The molecule has 5 heteroatoms. The first-order chi connectivity index (χ1) is 11.7. The molecule has 2 unspecified atom stereocenters. The van der Waals surface area contributed by atoms with E-state index in [0.29, 0.717) is 32.7 Å². The fourth-order valence-corrected chi connectivity index (χ4v) is 4.44. The van der Waals surface area contributed by atoms with Crippen LogP contribution in [0.4, 0.5) is 4.79 Å². The number of fused-ring (bicyclic) bond motifs is 2. The van der Waals surface area contributed by atoms with Crippen molar-refractivity contribution in [2.24, 2.45) is 5.92 Å². The summed E-state index contributed by atoms with van der Waals surface area (Å²) in [4.78, 5) is 14.6. The number of aliphatic hydroxyl groups is 1. The van der Waals surface area contributed by atoms with E-state index >= 15 is 0 Å². The number of hydrogen-bond acceptors (Lipinski definition) is 4. The van der Waals surface area contributed by atoms with Crippen LogP contribution >= 0.6 is 0 Å². The minimum absolute atomic E-state index is 0.0892. The van der Waals surface area contributed by atoms with E-state index in [1.54, 1.807) is 0 Å². The molecule has 24 heavy (non-hydrogen) atoms. The number of rotatable bonds is 3. The van der Waals surface area contributed by atoms with Crippen molar-refractivity contribution in [1.29, 1.82) is 0 Å². The van der Waals surface area contributed by atoms with Gasteiger partial charge >= 0.3 is 6.09 Å². The summed E-state index contributed by atoms with van der Waals surface area (Å²) in [6.07, 6.45) is 4.09. The maximum absolute atomic E-state index is 12.6. The van der Waals surface area contributed by atoms with Crippen LogP contribution in [0.15, 0.2) is 30.3 Å². The second-order valence-corrected chi connectivity index (χ2v) is 7.43. The van der Waals surface area contributed by atoms with Gasteiger partial charge in [-0.2, -0.15) is 0 Å². The van der Waals surface area contributed by atoms with Crippen LogP contribution in [0.3, 0.4) is 0 Å². The van der Waals surface area contributed by atoms with Crippen LogP contribution in [-0.4, -0.2) is 47.0 Å². The zero-order chi connectivity index (χ0) is 16.6. The molecule has 4 rings (SSSR count). The number of nitrogens with zero attached hydrogens (tertiary/aromatic N) is 1. The van der Waals surface area contributed by atoms with Gasteiger partial charge in [-0.1, -0.05) is 30.3 Å². The van der Waals surface area contributed by atoms with Gasteiger partial charge in [0, 0.05) is 18.0 Å². The average molecular weight is 331 g/mol. The molecule has 1 N–H and O–H groups in total. The van der Waals surface area contributed by atoms with E-state index in [-0.39, 0.29) is 24.1 Å². The van der Waals surface area contributed by atoms with Gasteiger partial charge in [0.15, 0.2) is 0 Å². The smallest absolute Gasteiger partial charge is 0.410 e. The molecule has 3 heterocycles. The lowest BCUT2D eigenvalue weighted by molar-refractivity contribution is -0.185. The van der Waals surface area contributed by atoms with Gasteiger partial charge < -0.3 is 19.5 Å². The topological polar surface area (TPSA) is 59.0 Å². The third-order valence-electron chi connectivity index (χ3n) is 5.85. The van der Waals surface area contributed by atoms with Crippen LogP contribution in [0.1, 0.15) is 37.7 Å². The molecule has 3 saturated heterocycles. The Morgan fingerprint density at radius 1 is 1.21 bits per heavy atom. The molecule has 3 aliphatic heterocycles. The van der Waals surface area contributed by atoms with E-state index in [2.05, 4.69) is 0 Å². The van der Waals surface area contributed by atoms with E-state index in [4.69, 9.17) is 9.47 Å². The van der Waals surface area contributed by atoms with Gasteiger partial charge in [-0.25, -0.2) is 4.79 Å². The summed E-state index contributed by atoms with van der Waals surface area (Å²) in [5.74, 6) is 0.225. The van der Waals surface area contributed by atoms with Gasteiger partial charge in [-0.3, -0.25) is 0 Å². The molecule has 0 saturated carbocycles. The SMILES string of the molecule is O=C(OCc1ccccc1)N1C2CCCC1CC(O)(C1COC1)C2. The van der Waals surface area contributed by atoms with E-state index < -0.39 is 5.60 Å². The van der Waals surface area contributed by atoms with Gasteiger partial charge in [-0.15, -0.1) is 0 Å². The Morgan fingerprint density at radius 3 is 2.46 bits per heavy atom. The Hall–Kier alpha value is -1.59. The summed E-state index contributed by atoms with van der Waals surface area (Å²) in [5, 5.41) is 11.0. The van der Waals surface area contributed by atoms with Gasteiger partial charge in [0.1, 0.15) is 6.61 Å². The Balaban J connectivity index is 1.42. The van der Waals surface area contributed by atoms with Crippen molar-refractivity contribution in [2.75, 3.05) is 13.2 Å². The molecule has 130 valence electrons. The van der Waals surface area contributed by atoms with Gasteiger partial charge in [-0.05, 0) is 37.7 Å². The number of hydrogen-bond donors (Lipinski definition) is 1. The van der Waals surface area contributed by atoms with Crippen LogP contribution in [0.2, 0.25) is 0 Å². The molecule has 1 aromatic carbocycles. The number of amides is 1. The minimum Gasteiger partial charge on any atom is -0.445 e. The highest BCUT2D eigenvalue weighted by Crippen LogP contribution is 2.44. The highest BCUT2D eigenvalue weighted by atomic mass is 16.6. The lowest BCUT2D eigenvalue weighted by Crippen LogP contribution is -2.64. The largest absolute Gasteiger partial charge is 0.445 e. The summed E-state index contributed by atoms with van der Waals surface area (Å²) in [6, 6.07) is 9.93. The molecule has 5 nitrogen and oxygen atoms in total. The fraction of sp³-hybridized carbons (Fsp3) is 0.632. The van der Waals surface area contributed by atoms with Crippen LogP contribution in [0.25, 0.3) is 0 Å². The van der Waals surface area contributed by atoms with E-state index in [1.807, 2.05) is 35.2 Å². The third-order valence-corrected chi connectivity index (χ3v) is 5.85. The van der Waals surface area contributed by atoms with Crippen molar-refractivity contribution in [1.82, 2.24) is 4.90 Å². The molecular weight excluding hydrogens is 306 g/mol. The molecule has 3 fully saturated rings. The molecule has 1 amide bonds. The van der Waals surface area contributed by atoms with E-state index in [1.165, 1.54) is 0 Å². The lowest BCUT2D eigenvalue weighted by atomic mass is 9.69. The summed E-state index contributed by atoms with van der Waals surface area (Å²) in [5.41, 5.74) is 0.320. The molecule has 0 spiro atoms. The summed E-state index contributed by atoms with van der Waals surface area (Å²) >= 11 is 0. The van der Waals surface area contributed by atoms with E-state index in [9.17, 15) is 9.90 Å². The predicted octanol–water partition coefficient (Wildman–Crippen LogP) is 2.72. The molecular formula is C19H25NO4. The van der Waals surface area contributed by atoms with Crippen molar-refractivity contribution >= 4 is 6.09 Å². The fourth-order valence-electron chi connectivity index (χ4n) is 4.44. The third kappa shape index (κ3) is 2.91. The van der Waals surface area contributed by atoms with Gasteiger partial charge in [0.25, 0.3) is 0 Å². The number of benzene rings is 1. The van der Waals surface area contributed by atoms with E-state index in [0.717, 1.165) is 24.8 Å². The molecule has 3 aliphatic rings. The molecule has 0 aromatic heterocycles. The summed E-state index contributed by atoms with van der Waals surface area (Å²) in [7, 11) is 0. The van der Waals surface area contributed by atoms with Crippen molar-refractivity contribution in [3.63, 3.8) is 0 Å². The van der Waals surface area contributed by atoms with Crippen molar-refractivity contribution in [2.45, 2.75) is 56.4 Å². The second kappa shape index (κ2) is 6.37. The molecule has 0 radical (unpaired) electrons. The molecule has 2 bridgehead atoms. The maximum Gasteiger partial charge on any atom is 0.410 e. The first kappa shape index (κ1) is 15.9. The Kier molecular flexibility index (Phi) is 4.22. The van der Waals surface area contributed by atoms with Crippen LogP contribution in [-0.2, 0) is 16.1 Å². The maximum atomic E-state index is 12.6. The number of ether oxygens (including phenoxy) is 2. The Labute approximate surface area is 142 Å². The van der Waals surface area contributed by atoms with Gasteiger partial charge in [0.2, 0.25) is 0 Å². The first-order valence-electron chi connectivity index (χ1n) is 8.95. The lowest BCUT2D eigenvalue weighted by Gasteiger charge is -2.54. The monoisotopic (exact) mass is 331 g/mol. The standard InChI is InChI=1S/C19H25NO4/c21-18(24-11-14-5-2-1-3-6-14)20-16-7-4-8-17(20)10-19(22,9-16)15-12-23-13-15/h1-3,5-6,15-17,22H,4,7-13H2. The van der Waals surface area contributed by atoms with Crippen molar-refractivity contribution in [3.8, 4) is 0 Å². The van der Waals surface area contributed by atoms with Crippen molar-refractivity contribution in [3.05, 3.63) is 35.9 Å². The normalized spacial score (nSPS) is 33.0. The predicted molar refractivity (Wildman–Crippen MR) is 88.4 cm³/mol. The average Bonchev–Trinajstić information content (AvgIpc) is 2.51. The first-order valence-corrected chi connectivity index (χ1v) is 8.95. The summed E-state index contributed by atoms with van der Waals surface area (Å²) in [6.45, 7) is 1.60. The van der Waals surface area contributed by atoms with Crippen LogP contribution in [0.5, 0.6) is 0 Å². The highest BCUT2D eigenvalue weighted by molar-refractivity contribution is 5.69.